The number of rotatable bonds is 4. The zero-order valence-electron chi connectivity index (χ0n) is 10.5. The summed E-state index contributed by atoms with van der Waals surface area (Å²) in [6, 6.07) is 5.21. The minimum atomic E-state index is -0.432. The first-order valence-corrected chi connectivity index (χ1v) is 6.32. The number of carbonyl (C=O) groups excluding carboxylic acids is 1. The maximum absolute atomic E-state index is 11.8. The van der Waals surface area contributed by atoms with E-state index in [1.54, 1.807) is 12.1 Å². The van der Waals surface area contributed by atoms with E-state index in [4.69, 9.17) is 9.68 Å². The molecule has 0 radical (unpaired) electrons. The van der Waals surface area contributed by atoms with Crippen LogP contribution in [0.15, 0.2) is 28.4 Å². The SMILES string of the molecule is N#CC(=Cc1ccco1)C(=O)NCC1CCCC1O. The summed E-state index contributed by atoms with van der Waals surface area (Å²) in [4.78, 5) is 11.8. The summed E-state index contributed by atoms with van der Waals surface area (Å²) in [6.07, 6.45) is 5.21. The van der Waals surface area contributed by atoms with Crippen LogP contribution in [0.1, 0.15) is 25.0 Å². The molecule has 2 atom stereocenters. The Labute approximate surface area is 111 Å². The molecule has 1 aliphatic carbocycles. The first-order chi connectivity index (χ1) is 9.20. The average Bonchev–Trinajstić information content (AvgIpc) is 3.04. The third-order valence-corrected chi connectivity index (χ3v) is 3.34. The van der Waals surface area contributed by atoms with Gasteiger partial charge in [0.15, 0.2) is 0 Å². The van der Waals surface area contributed by atoms with Crippen molar-refractivity contribution in [2.45, 2.75) is 25.4 Å². The van der Waals surface area contributed by atoms with Crippen LogP contribution < -0.4 is 5.32 Å². The van der Waals surface area contributed by atoms with Crippen LogP contribution in [-0.4, -0.2) is 23.7 Å². The lowest BCUT2D eigenvalue weighted by molar-refractivity contribution is -0.117. The molecule has 0 aromatic carbocycles. The molecular weight excluding hydrogens is 244 g/mol. The molecule has 2 rings (SSSR count). The van der Waals surface area contributed by atoms with Gasteiger partial charge in [-0.1, -0.05) is 6.42 Å². The minimum absolute atomic E-state index is 0.00226. The summed E-state index contributed by atoms with van der Waals surface area (Å²) in [5, 5.41) is 21.3. The van der Waals surface area contributed by atoms with Gasteiger partial charge < -0.3 is 14.8 Å². The lowest BCUT2D eigenvalue weighted by Gasteiger charge is -2.14. The molecule has 0 saturated heterocycles. The number of hydrogen-bond donors (Lipinski definition) is 2. The molecule has 0 aliphatic heterocycles. The highest BCUT2D eigenvalue weighted by molar-refractivity contribution is 6.01. The van der Waals surface area contributed by atoms with Crippen molar-refractivity contribution >= 4 is 12.0 Å². The summed E-state index contributed by atoms with van der Waals surface area (Å²) in [7, 11) is 0. The molecule has 1 aromatic heterocycles. The Kier molecular flexibility index (Phi) is 4.37. The fraction of sp³-hybridized carbons (Fsp3) is 0.429. The molecule has 0 bridgehead atoms. The lowest BCUT2D eigenvalue weighted by Crippen LogP contribution is -2.33. The van der Waals surface area contributed by atoms with E-state index >= 15 is 0 Å². The number of hydrogen-bond acceptors (Lipinski definition) is 4. The van der Waals surface area contributed by atoms with Crippen LogP contribution in [0.5, 0.6) is 0 Å². The Bertz CT molecular complexity index is 499. The predicted molar refractivity (Wildman–Crippen MR) is 68.7 cm³/mol. The molecule has 5 nitrogen and oxygen atoms in total. The molecule has 1 aliphatic rings. The molecule has 5 heteroatoms. The van der Waals surface area contributed by atoms with E-state index in [2.05, 4.69) is 5.32 Å². The van der Waals surface area contributed by atoms with E-state index < -0.39 is 5.91 Å². The number of furan rings is 1. The molecule has 1 heterocycles. The van der Waals surface area contributed by atoms with E-state index in [-0.39, 0.29) is 17.6 Å². The second-order valence-corrected chi connectivity index (χ2v) is 4.65. The summed E-state index contributed by atoms with van der Waals surface area (Å²) in [5.41, 5.74) is 0.00226. The smallest absolute Gasteiger partial charge is 0.262 e. The number of aliphatic hydroxyl groups is 1. The van der Waals surface area contributed by atoms with Crippen molar-refractivity contribution in [2.24, 2.45) is 5.92 Å². The highest BCUT2D eigenvalue weighted by atomic mass is 16.3. The maximum atomic E-state index is 11.8. The van der Waals surface area contributed by atoms with Crippen molar-refractivity contribution < 1.29 is 14.3 Å². The Hall–Kier alpha value is -2.06. The number of carbonyl (C=O) groups is 1. The zero-order valence-corrected chi connectivity index (χ0v) is 10.5. The molecular formula is C14H16N2O3. The monoisotopic (exact) mass is 260 g/mol. The van der Waals surface area contributed by atoms with Gasteiger partial charge in [0.2, 0.25) is 0 Å². The largest absolute Gasteiger partial charge is 0.465 e. The number of amides is 1. The van der Waals surface area contributed by atoms with Crippen molar-refractivity contribution in [1.29, 1.82) is 5.26 Å². The van der Waals surface area contributed by atoms with E-state index in [1.807, 2.05) is 6.07 Å². The summed E-state index contributed by atoms with van der Waals surface area (Å²) >= 11 is 0. The van der Waals surface area contributed by atoms with Crippen molar-refractivity contribution in [3.63, 3.8) is 0 Å². The summed E-state index contributed by atoms with van der Waals surface area (Å²) in [6.45, 7) is 0.400. The summed E-state index contributed by atoms with van der Waals surface area (Å²) in [5.74, 6) is 0.123. The van der Waals surface area contributed by atoms with E-state index in [9.17, 15) is 9.90 Å². The first-order valence-electron chi connectivity index (χ1n) is 6.32. The normalized spacial score (nSPS) is 23.1. The minimum Gasteiger partial charge on any atom is -0.465 e. The molecule has 1 amide bonds. The van der Waals surface area contributed by atoms with Gasteiger partial charge in [-0.05, 0) is 25.0 Å². The highest BCUT2D eigenvalue weighted by Gasteiger charge is 2.25. The molecule has 2 unspecified atom stereocenters. The van der Waals surface area contributed by atoms with Gasteiger partial charge in [0, 0.05) is 18.5 Å². The Morgan fingerprint density at radius 3 is 3.05 bits per heavy atom. The third kappa shape index (κ3) is 3.46. The molecule has 1 saturated carbocycles. The van der Waals surface area contributed by atoms with Gasteiger partial charge in [-0.25, -0.2) is 0 Å². The Morgan fingerprint density at radius 2 is 2.47 bits per heavy atom. The van der Waals surface area contributed by atoms with E-state index in [1.165, 1.54) is 12.3 Å². The van der Waals surface area contributed by atoms with Gasteiger partial charge >= 0.3 is 0 Å². The number of nitrogens with one attached hydrogen (secondary N) is 1. The van der Waals surface area contributed by atoms with Crippen molar-refractivity contribution in [1.82, 2.24) is 5.32 Å². The zero-order chi connectivity index (χ0) is 13.7. The van der Waals surface area contributed by atoms with Crippen LogP contribution in [0.3, 0.4) is 0 Å². The molecule has 100 valence electrons. The molecule has 0 spiro atoms. The Balaban J connectivity index is 1.93. The predicted octanol–water partition coefficient (Wildman–Crippen LogP) is 1.46. The number of nitrogens with zero attached hydrogens (tertiary/aromatic N) is 1. The second kappa shape index (κ2) is 6.21. The lowest BCUT2D eigenvalue weighted by atomic mass is 10.1. The average molecular weight is 260 g/mol. The molecule has 19 heavy (non-hydrogen) atoms. The maximum Gasteiger partial charge on any atom is 0.262 e. The standard InChI is InChI=1S/C14H16N2O3/c15-8-11(7-12-4-2-6-19-12)14(18)16-9-10-3-1-5-13(10)17/h2,4,6-7,10,13,17H,1,3,5,9H2,(H,16,18). The highest BCUT2D eigenvalue weighted by Crippen LogP contribution is 2.24. The quantitative estimate of drug-likeness (QED) is 0.634. The van der Waals surface area contributed by atoms with Crippen molar-refractivity contribution in [2.75, 3.05) is 6.54 Å². The molecule has 1 fully saturated rings. The van der Waals surface area contributed by atoms with Crippen LogP contribution in [-0.2, 0) is 4.79 Å². The fourth-order valence-electron chi connectivity index (χ4n) is 2.24. The van der Waals surface area contributed by atoms with Crippen LogP contribution >= 0.6 is 0 Å². The summed E-state index contributed by atoms with van der Waals surface area (Å²) < 4.78 is 5.06. The van der Waals surface area contributed by atoms with Gasteiger partial charge in [0.05, 0.1) is 12.4 Å². The molecule has 2 N–H and O–H groups in total. The van der Waals surface area contributed by atoms with Crippen LogP contribution in [0.25, 0.3) is 6.08 Å². The molecule has 1 aromatic rings. The van der Waals surface area contributed by atoms with Gasteiger partial charge in [-0.15, -0.1) is 0 Å². The van der Waals surface area contributed by atoms with Crippen LogP contribution in [0.4, 0.5) is 0 Å². The number of nitriles is 1. The van der Waals surface area contributed by atoms with Crippen LogP contribution in [0.2, 0.25) is 0 Å². The van der Waals surface area contributed by atoms with Gasteiger partial charge in [-0.3, -0.25) is 4.79 Å². The number of aliphatic hydroxyl groups excluding tert-OH is 1. The topological polar surface area (TPSA) is 86.3 Å². The Morgan fingerprint density at radius 1 is 1.63 bits per heavy atom. The van der Waals surface area contributed by atoms with Gasteiger partial charge in [0.1, 0.15) is 17.4 Å². The van der Waals surface area contributed by atoms with Crippen molar-refractivity contribution in [3.05, 3.63) is 29.7 Å². The first kappa shape index (κ1) is 13.4. The van der Waals surface area contributed by atoms with E-state index in [0.717, 1.165) is 19.3 Å². The second-order valence-electron chi connectivity index (χ2n) is 4.65. The van der Waals surface area contributed by atoms with Gasteiger partial charge in [-0.2, -0.15) is 5.26 Å². The third-order valence-electron chi connectivity index (χ3n) is 3.34. The van der Waals surface area contributed by atoms with Crippen LogP contribution in [0, 0.1) is 17.2 Å². The van der Waals surface area contributed by atoms with E-state index in [0.29, 0.717) is 12.3 Å². The van der Waals surface area contributed by atoms with Gasteiger partial charge in [0.25, 0.3) is 5.91 Å². The fourth-order valence-corrected chi connectivity index (χ4v) is 2.24. The van der Waals surface area contributed by atoms with Crippen molar-refractivity contribution in [3.8, 4) is 6.07 Å².